The van der Waals surface area contributed by atoms with E-state index in [-0.39, 0.29) is 10.8 Å². The first kappa shape index (κ1) is 26.2. The lowest BCUT2D eigenvalue weighted by molar-refractivity contribution is 0.557. The van der Waals surface area contributed by atoms with Crippen molar-refractivity contribution < 1.29 is 0 Å². The molecule has 0 saturated heterocycles. The zero-order valence-corrected chi connectivity index (χ0v) is 24.0. The van der Waals surface area contributed by atoms with E-state index in [0.29, 0.717) is 5.82 Å². The quantitative estimate of drug-likeness (QED) is 0.232. The van der Waals surface area contributed by atoms with Crippen molar-refractivity contribution in [2.75, 3.05) is 5.73 Å². The van der Waals surface area contributed by atoms with Gasteiger partial charge in [-0.05, 0) is 31.5 Å². The van der Waals surface area contributed by atoms with Crippen molar-refractivity contribution in [2.45, 2.75) is 66.2 Å². The minimum atomic E-state index is 0.0512. The second kappa shape index (κ2) is 9.41. The largest absolute Gasteiger partial charge is 0.398 e. The van der Waals surface area contributed by atoms with Gasteiger partial charge < -0.3 is 5.73 Å². The monoisotopic (exact) mass is 523 g/mol. The van der Waals surface area contributed by atoms with Gasteiger partial charge in [0.2, 0.25) is 0 Å². The van der Waals surface area contributed by atoms with Crippen LogP contribution in [-0.2, 0) is 10.8 Å². The number of H-pyrrole nitrogens is 2. The van der Waals surface area contributed by atoms with Crippen LogP contribution in [0.3, 0.4) is 0 Å². The molecule has 0 bridgehead atoms. The predicted octanol–water partition coefficient (Wildman–Crippen LogP) is 6.24. The molecule has 0 atom stereocenters. The van der Waals surface area contributed by atoms with Gasteiger partial charge in [-0.1, -0.05) is 77.4 Å². The molecule has 39 heavy (non-hydrogen) atoms. The van der Waals surface area contributed by atoms with E-state index >= 15 is 0 Å². The van der Waals surface area contributed by atoms with Gasteiger partial charge >= 0.3 is 0 Å². The van der Waals surface area contributed by atoms with Crippen molar-refractivity contribution >= 4 is 17.0 Å². The fourth-order valence-corrected chi connectivity index (χ4v) is 4.24. The van der Waals surface area contributed by atoms with Gasteiger partial charge in [-0.25, -0.2) is 9.97 Å². The Balaban J connectivity index is 0.000000158. The maximum atomic E-state index is 5.94. The number of nitrogens with zero attached hydrogens (tertiary/aromatic N) is 6. The molecule has 0 saturated carbocycles. The number of aromatic nitrogens is 8. The van der Waals surface area contributed by atoms with Crippen LogP contribution in [0.15, 0.2) is 54.6 Å². The van der Waals surface area contributed by atoms with Crippen molar-refractivity contribution in [1.29, 1.82) is 0 Å². The molecule has 4 N–H and O–H groups in total. The Morgan fingerprint density at radius 3 is 1.77 bits per heavy atom. The van der Waals surface area contributed by atoms with Gasteiger partial charge in [0.1, 0.15) is 0 Å². The zero-order valence-electron chi connectivity index (χ0n) is 24.0. The topological polar surface area (TPSA) is 118 Å². The van der Waals surface area contributed by atoms with Gasteiger partial charge in [0.15, 0.2) is 22.9 Å². The number of fused-ring (bicyclic) bond motifs is 2. The maximum absolute atomic E-state index is 5.94. The molecule has 4 aromatic heterocycles. The molecule has 0 fully saturated rings. The molecule has 0 amide bonds. The highest BCUT2D eigenvalue weighted by Gasteiger charge is 2.20. The van der Waals surface area contributed by atoms with Gasteiger partial charge in [0.05, 0.1) is 0 Å². The number of nitrogens with two attached hydrogens (primary N) is 1. The molecule has 0 aliphatic heterocycles. The van der Waals surface area contributed by atoms with E-state index in [2.05, 4.69) is 97.0 Å². The summed E-state index contributed by atoms with van der Waals surface area (Å²) in [7, 11) is 0. The number of aromatic amines is 2. The number of benzene rings is 2. The van der Waals surface area contributed by atoms with Crippen molar-refractivity contribution in [3.8, 4) is 22.8 Å². The maximum Gasteiger partial charge on any atom is 0.184 e. The number of aryl methyl sites for hydroxylation is 1. The van der Waals surface area contributed by atoms with Gasteiger partial charge in [-0.3, -0.25) is 10.2 Å². The van der Waals surface area contributed by atoms with Crippen LogP contribution in [0.25, 0.3) is 34.1 Å². The summed E-state index contributed by atoms with van der Waals surface area (Å²) >= 11 is 0. The first-order chi connectivity index (χ1) is 18.3. The highest BCUT2D eigenvalue weighted by atomic mass is 15.5. The number of nitrogen functional groups attached to an aromatic ring is 1. The summed E-state index contributed by atoms with van der Waals surface area (Å²) in [5.74, 6) is 1.46. The van der Waals surface area contributed by atoms with Crippen molar-refractivity contribution in [3.63, 3.8) is 0 Å². The molecule has 6 rings (SSSR count). The van der Waals surface area contributed by atoms with Gasteiger partial charge in [-0.2, -0.15) is 9.26 Å². The van der Waals surface area contributed by atoms with Crippen LogP contribution >= 0.6 is 0 Å². The first-order valence-corrected chi connectivity index (χ1v) is 13.1. The van der Waals surface area contributed by atoms with E-state index in [1.54, 1.807) is 9.26 Å². The van der Waals surface area contributed by atoms with Crippen molar-refractivity contribution in [2.24, 2.45) is 0 Å². The summed E-state index contributed by atoms with van der Waals surface area (Å²) < 4.78 is 3.47. The number of hydrogen-bond donors (Lipinski definition) is 3. The molecule has 6 aromatic rings. The fraction of sp³-hybridized carbons (Fsp3) is 0.333. The Morgan fingerprint density at radius 2 is 1.23 bits per heavy atom. The molecule has 9 nitrogen and oxygen atoms in total. The summed E-state index contributed by atoms with van der Waals surface area (Å²) in [6.07, 6.45) is 0. The molecule has 4 heterocycles. The molecule has 202 valence electrons. The standard InChI is InChI=1S/C15H19N5.C15H18N4/c1-9-10(6-5-7-11(9)16)14-17-13-8-12(15(2,3)4)18-20(13)19-14;1-10-6-5-7-11(8-10)14-16-13-9-12(15(2,3)4)17-19(13)18-14/h5-8,18H,16H2,1-4H3;5-9,17H,1-4H3. The Kier molecular flexibility index (Phi) is 6.33. The van der Waals surface area contributed by atoms with Crippen molar-refractivity contribution in [3.05, 3.63) is 77.1 Å². The van der Waals surface area contributed by atoms with E-state index in [9.17, 15) is 0 Å². The SMILES string of the molecule is Cc1c(N)cccc1-c1nc2cc(C(C)(C)C)[nH]n2n1.Cc1cccc(-c2nc3cc(C(C)(C)C)[nH]n3n2)c1. The molecule has 9 heteroatoms. The van der Waals surface area contributed by atoms with Crippen LogP contribution < -0.4 is 5.73 Å². The molecule has 0 spiro atoms. The average molecular weight is 524 g/mol. The second-order valence-electron chi connectivity index (χ2n) is 12.1. The number of anilines is 1. The Bertz CT molecular complexity index is 1700. The third-order valence-corrected chi connectivity index (χ3v) is 6.77. The molecule has 0 radical (unpaired) electrons. The average Bonchev–Trinajstić information content (AvgIpc) is 3.59. The summed E-state index contributed by atoms with van der Waals surface area (Å²) in [5.41, 5.74) is 15.0. The van der Waals surface area contributed by atoms with Crippen molar-refractivity contribution in [1.82, 2.24) is 39.6 Å². The fourth-order valence-electron chi connectivity index (χ4n) is 4.24. The van der Waals surface area contributed by atoms with Gasteiger partial charge in [0, 0.05) is 51.2 Å². The summed E-state index contributed by atoms with van der Waals surface area (Å²) in [6.45, 7) is 17.0. The predicted molar refractivity (Wildman–Crippen MR) is 157 cm³/mol. The van der Waals surface area contributed by atoms with Gasteiger partial charge in [0.25, 0.3) is 0 Å². The van der Waals surface area contributed by atoms with E-state index < -0.39 is 0 Å². The van der Waals surface area contributed by atoms with E-state index in [1.165, 1.54) is 5.56 Å². The van der Waals surface area contributed by atoms with Crippen LogP contribution in [0, 0.1) is 13.8 Å². The molecular formula is C30H37N9. The lowest BCUT2D eigenvalue weighted by atomic mass is 9.93. The minimum absolute atomic E-state index is 0.0512. The number of nitrogens with one attached hydrogen (secondary N) is 2. The number of hydrogen-bond acceptors (Lipinski definition) is 5. The lowest BCUT2D eigenvalue weighted by Gasteiger charge is -2.14. The van der Waals surface area contributed by atoms with E-state index in [1.807, 2.05) is 43.3 Å². The summed E-state index contributed by atoms with van der Waals surface area (Å²) in [5, 5.41) is 15.6. The summed E-state index contributed by atoms with van der Waals surface area (Å²) in [4.78, 5) is 9.16. The number of rotatable bonds is 2. The highest BCUT2D eigenvalue weighted by molar-refractivity contribution is 5.69. The van der Waals surface area contributed by atoms with Crippen LogP contribution in [0.5, 0.6) is 0 Å². The third-order valence-electron chi connectivity index (χ3n) is 6.77. The Hall–Kier alpha value is -4.40. The second-order valence-corrected chi connectivity index (χ2v) is 12.1. The molecular weight excluding hydrogens is 486 g/mol. The summed E-state index contributed by atoms with van der Waals surface area (Å²) in [6, 6.07) is 18.1. The minimum Gasteiger partial charge on any atom is -0.398 e. The Labute approximate surface area is 228 Å². The molecule has 2 aromatic carbocycles. The molecule has 0 aliphatic rings. The zero-order chi connectivity index (χ0) is 28.1. The van der Waals surface area contributed by atoms with Crippen LogP contribution in [-0.4, -0.2) is 39.6 Å². The Morgan fingerprint density at radius 1 is 0.692 bits per heavy atom. The highest BCUT2D eigenvalue weighted by Crippen LogP contribution is 2.27. The van der Waals surface area contributed by atoms with Crippen LogP contribution in [0.4, 0.5) is 5.69 Å². The smallest absolute Gasteiger partial charge is 0.184 e. The lowest BCUT2D eigenvalue weighted by Crippen LogP contribution is -2.12. The van der Waals surface area contributed by atoms with Crippen LogP contribution in [0.1, 0.15) is 64.1 Å². The first-order valence-electron chi connectivity index (χ1n) is 13.1. The van der Waals surface area contributed by atoms with E-state index in [0.717, 1.165) is 50.9 Å². The molecule has 0 unspecified atom stereocenters. The van der Waals surface area contributed by atoms with Gasteiger partial charge in [-0.15, -0.1) is 10.2 Å². The normalized spacial score (nSPS) is 12.2. The van der Waals surface area contributed by atoms with Crippen LogP contribution in [0.2, 0.25) is 0 Å². The van der Waals surface area contributed by atoms with E-state index in [4.69, 9.17) is 5.73 Å². The molecule has 0 aliphatic carbocycles. The third kappa shape index (κ3) is 5.30.